The standard InChI is InChI=1S/C25H24N4O5S/c1-5-23(30)27-15-18-9-10-26-21(13-18)19-11-16(2)12-20(14-19)25(31)28-29-35(32,33)24-17(3)7-6-8-22(24)34-4/h1,6-14,29H,15H2,2-4H3,(H,27,30)(H,28,31). The van der Waals surface area contributed by atoms with Crippen LogP contribution in [0.15, 0.2) is 59.6 Å². The molecular weight excluding hydrogens is 468 g/mol. The molecule has 0 radical (unpaired) electrons. The smallest absolute Gasteiger partial charge is 0.295 e. The highest BCUT2D eigenvalue weighted by Crippen LogP contribution is 2.26. The average molecular weight is 493 g/mol. The number of nitrogens with zero attached hydrogens (tertiary/aromatic N) is 1. The van der Waals surface area contributed by atoms with E-state index >= 15 is 0 Å². The van der Waals surface area contributed by atoms with Crippen LogP contribution in [0.1, 0.15) is 27.0 Å². The van der Waals surface area contributed by atoms with Gasteiger partial charge in [-0.3, -0.25) is 20.0 Å². The number of terminal acetylenes is 1. The number of benzene rings is 2. The van der Waals surface area contributed by atoms with Gasteiger partial charge in [0.15, 0.2) is 0 Å². The number of nitrogens with one attached hydrogen (secondary N) is 3. The molecule has 0 spiro atoms. The second-order valence-corrected chi connectivity index (χ2v) is 9.25. The predicted molar refractivity (Wildman–Crippen MR) is 131 cm³/mol. The molecule has 0 atom stereocenters. The molecule has 0 bridgehead atoms. The van der Waals surface area contributed by atoms with Crippen LogP contribution in [0.4, 0.5) is 0 Å². The first-order valence-corrected chi connectivity index (χ1v) is 11.9. The van der Waals surface area contributed by atoms with Crippen molar-refractivity contribution in [2.45, 2.75) is 25.3 Å². The second-order valence-electron chi connectivity index (χ2n) is 7.63. The molecule has 3 aromatic rings. The average Bonchev–Trinajstić information content (AvgIpc) is 2.85. The number of amides is 2. The molecule has 0 saturated heterocycles. The topological polar surface area (TPSA) is 126 Å². The largest absolute Gasteiger partial charge is 0.495 e. The van der Waals surface area contributed by atoms with Crippen LogP contribution in [-0.4, -0.2) is 32.3 Å². The molecule has 35 heavy (non-hydrogen) atoms. The number of aryl methyl sites for hydroxylation is 2. The Kier molecular flexibility index (Phi) is 7.86. The van der Waals surface area contributed by atoms with Crippen molar-refractivity contribution < 1.29 is 22.7 Å². The van der Waals surface area contributed by atoms with Crippen LogP contribution in [-0.2, 0) is 21.4 Å². The number of carbonyl (C=O) groups excluding carboxylic acids is 2. The van der Waals surface area contributed by atoms with Gasteiger partial charge in [-0.1, -0.05) is 12.1 Å². The molecule has 0 aliphatic heterocycles. The maximum Gasteiger partial charge on any atom is 0.295 e. The minimum Gasteiger partial charge on any atom is -0.495 e. The normalized spacial score (nSPS) is 10.8. The highest BCUT2D eigenvalue weighted by Gasteiger charge is 2.23. The molecule has 9 nitrogen and oxygen atoms in total. The third-order valence-electron chi connectivity index (χ3n) is 5.01. The van der Waals surface area contributed by atoms with Crippen LogP contribution >= 0.6 is 0 Å². The van der Waals surface area contributed by atoms with Crippen LogP contribution in [0.3, 0.4) is 0 Å². The van der Waals surface area contributed by atoms with Crippen LogP contribution < -0.4 is 20.3 Å². The van der Waals surface area contributed by atoms with Gasteiger partial charge in [0, 0.05) is 23.9 Å². The van der Waals surface area contributed by atoms with Gasteiger partial charge in [0.2, 0.25) is 0 Å². The van der Waals surface area contributed by atoms with Gasteiger partial charge in [0.1, 0.15) is 10.6 Å². The fraction of sp³-hybridized carbons (Fsp3) is 0.160. The van der Waals surface area contributed by atoms with Crippen LogP contribution in [0.2, 0.25) is 0 Å². The summed E-state index contributed by atoms with van der Waals surface area (Å²) < 4.78 is 30.8. The van der Waals surface area contributed by atoms with E-state index in [1.54, 1.807) is 56.4 Å². The zero-order chi connectivity index (χ0) is 25.6. The number of ether oxygens (including phenoxy) is 1. The van der Waals surface area contributed by atoms with Crippen molar-refractivity contribution in [3.63, 3.8) is 0 Å². The summed E-state index contributed by atoms with van der Waals surface area (Å²) in [5.74, 6) is 0.973. The van der Waals surface area contributed by atoms with E-state index in [1.807, 2.05) is 12.0 Å². The number of sulfonamides is 1. The second kappa shape index (κ2) is 10.8. The van der Waals surface area contributed by atoms with Crippen LogP contribution in [0, 0.1) is 26.2 Å². The molecule has 2 amide bonds. The summed E-state index contributed by atoms with van der Waals surface area (Å²) in [5, 5.41) is 2.58. The Labute approximate surface area is 204 Å². The number of hydrogen-bond donors (Lipinski definition) is 3. The Bertz CT molecular complexity index is 1430. The molecule has 3 rings (SSSR count). The lowest BCUT2D eigenvalue weighted by Gasteiger charge is -2.14. The first-order chi connectivity index (χ1) is 16.6. The summed E-state index contributed by atoms with van der Waals surface area (Å²) in [7, 11) is -2.73. The van der Waals surface area contributed by atoms with E-state index in [1.165, 1.54) is 13.2 Å². The maximum atomic E-state index is 12.8. The molecule has 0 aliphatic carbocycles. The molecule has 1 aromatic heterocycles. The molecule has 180 valence electrons. The third-order valence-corrected chi connectivity index (χ3v) is 6.44. The van der Waals surface area contributed by atoms with Gasteiger partial charge >= 0.3 is 0 Å². The number of hydrazine groups is 1. The van der Waals surface area contributed by atoms with E-state index in [9.17, 15) is 18.0 Å². The van der Waals surface area contributed by atoms with Gasteiger partial charge in [-0.05, 0) is 72.9 Å². The van der Waals surface area contributed by atoms with Crippen molar-refractivity contribution in [1.29, 1.82) is 0 Å². The fourth-order valence-electron chi connectivity index (χ4n) is 3.40. The van der Waals surface area contributed by atoms with E-state index in [0.29, 0.717) is 16.8 Å². The number of methoxy groups -OCH3 is 1. The molecule has 2 aromatic carbocycles. The molecule has 0 fully saturated rings. The van der Waals surface area contributed by atoms with E-state index in [-0.39, 0.29) is 22.8 Å². The lowest BCUT2D eigenvalue weighted by Crippen LogP contribution is -2.41. The number of carbonyl (C=O) groups is 2. The molecule has 10 heteroatoms. The molecule has 0 unspecified atom stereocenters. The van der Waals surface area contributed by atoms with Crippen molar-refractivity contribution in [1.82, 2.24) is 20.6 Å². The van der Waals surface area contributed by atoms with Gasteiger partial charge in [0.05, 0.1) is 12.8 Å². The lowest BCUT2D eigenvalue weighted by atomic mass is 10.0. The van der Waals surface area contributed by atoms with Crippen LogP contribution in [0.25, 0.3) is 11.3 Å². The maximum absolute atomic E-state index is 12.8. The fourth-order valence-corrected chi connectivity index (χ4v) is 4.64. The highest BCUT2D eigenvalue weighted by atomic mass is 32.2. The van der Waals surface area contributed by atoms with Gasteiger partial charge in [-0.2, -0.15) is 0 Å². The number of aromatic nitrogens is 1. The Hall–Kier alpha value is -4.20. The van der Waals surface area contributed by atoms with E-state index in [0.717, 1.165) is 11.1 Å². The zero-order valence-electron chi connectivity index (χ0n) is 19.4. The number of hydrogen-bond acceptors (Lipinski definition) is 6. The molecular formula is C25H24N4O5S. The quantitative estimate of drug-likeness (QED) is 0.327. The van der Waals surface area contributed by atoms with Crippen molar-refractivity contribution >= 4 is 21.8 Å². The van der Waals surface area contributed by atoms with Gasteiger partial charge < -0.3 is 10.1 Å². The van der Waals surface area contributed by atoms with Gasteiger partial charge in [0.25, 0.3) is 21.8 Å². The predicted octanol–water partition coefficient (Wildman–Crippen LogP) is 2.25. The van der Waals surface area contributed by atoms with Crippen LogP contribution in [0.5, 0.6) is 5.75 Å². The molecule has 1 heterocycles. The lowest BCUT2D eigenvalue weighted by molar-refractivity contribution is -0.115. The highest BCUT2D eigenvalue weighted by molar-refractivity contribution is 7.89. The summed E-state index contributed by atoms with van der Waals surface area (Å²) >= 11 is 0. The van der Waals surface area contributed by atoms with E-state index in [2.05, 4.69) is 20.6 Å². The minimum absolute atomic E-state index is 0.0642. The monoisotopic (exact) mass is 492 g/mol. The van der Waals surface area contributed by atoms with Gasteiger partial charge in [-0.15, -0.1) is 11.3 Å². The Morgan fingerprint density at radius 3 is 2.60 bits per heavy atom. The van der Waals surface area contributed by atoms with Crippen molar-refractivity contribution in [3.05, 3.63) is 77.0 Å². The summed E-state index contributed by atoms with van der Waals surface area (Å²) in [6.45, 7) is 3.66. The number of pyridine rings is 1. The summed E-state index contributed by atoms with van der Waals surface area (Å²) in [4.78, 5) is 30.5. The SMILES string of the molecule is C#CC(=O)NCc1ccnc(-c2cc(C)cc(C(=O)NNS(=O)(=O)c3c(C)cccc3OC)c2)c1. The van der Waals surface area contributed by atoms with E-state index < -0.39 is 21.8 Å². The Balaban J connectivity index is 1.81. The zero-order valence-corrected chi connectivity index (χ0v) is 20.2. The Morgan fingerprint density at radius 1 is 1.11 bits per heavy atom. The first kappa shape index (κ1) is 25.4. The third kappa shape index (κ3) is 6.23. The molecule has 0 saturated carbocycles. The van der Waals surface area contributed by atoms with Crippen molar-refractivity contribution in [2.75, 3.05) is 7.11 Å². The first-order valence-electron chi connectivity index (χ1n) is 10.4. The molecule has 3 N–H and O–H groups in total. The number of rotatable bonds is 8. The minimum atomic E-state index is -4.10. The summed E-state index contributed by atoms with van der Waals surface area (Å²) in [5.41, 5.74) is 5.70. The Morgan fingerprint density at radius 2 is 1.89 bits per heavy atom. The molecule has 0 aliphatic rings. The summed E-state index contributed by atoms with van der Waals surface area (Å²) in [6, 6.07) is 13.4. The van der Waals surface area contributed by atoms with E-state index in [4.69, 9.17) is 11.2 Å². The summed E-state index contributed by atoms with van der Waals surface area (Å²) in [6.07, 6.45) is 6.65. The van der Waals surface area contributed by atoms with Crippen molar-refractivity contribution in [2.24, 2.45) is 0 Å². The van der Waals surface area contributed by atoms with Gasteiger partial charge in [-0.25, -0.2) is 8.42 Å². The van der Waals surface area contributed by atoms with Crippen molar-refractivity contribution in [3.8, 4) is 29.4 Å².